The predicted octanol–water partition coefficient (Wildman–Crippen LogP) is 3.80. The fourth-order valence-corrected chi connectivity index (χ4v) is 3.82. The normalized spacial score (nSPS) is 14.3. The fraction of sp³-hybridized carbons (Fsp3) is 0.318. The first kappa shape index (κ1) is 19.5. The van der Waals surface area contributed by atoms with Gasteiger partial charge in [-0.15, -0.1) is 0 Å². The first-order chi connectivity index (χ1) is 14.0. The molecule has 1 aromatic carbocycles. The molecule has 0 spiro atoms. The average Bonchev–Trinajstić information content (AvgIpc) is 2.74. The molecular formula is C22H21ClN2O4. The Bertz CT molecular complexity index is 1110. The van der Waals surface area contributed by atoms with Crippen molar-refractivity contribution in [3.05, 3.63) is 68.8 Å². The molecule has 1 aliphatic rings. The summed E-state index contributed by atoms with van der Waals surface area (Å²) in [4.78, 5) is 28.7. The molecule has 7 heteroatoms. The number of nitrogens with one attached hydrogen (secondary N) is 1. The summed E-state index contributed by atoms with van der Waals surface area (Å²) in [6.07, 6.45) is 6.19. The van der Waals surface area contributed by atoms with Crippen LogP contribution in [0.1, 0.15) is 36.5 Å². The molecule has 0 aliphatic heterocycles. The third kappa shape index (κ3) is 4.12. The quantitative estimate of drug-likeness (QED) is 0.644. The van der Waals surface area contributed by atoms with Crippen LogP contribution in [-0.4, -0.2) is 17.0 Å². The number of nitrogens with zero attached hydrogens (tertiary/aromatic N) is 1. The Morgan fingerprint density at radius 2 is 2.10 bits per heavy atom. The van der Waals surface area contributed by atoms with Crippen molar-refractivity contribution in [2.24, 2.45) is 0 Å². The van der Waals surface area contributed by atoms with E-state index in [4.69, 9.17) is 20.8 Å². The van der Waals surface area contributed by atoms with Crippen LogP contribution in [0.3, 0.4) is 0 Å². The van der Waals surface area contributed by atoms with Gasteiger partial charge in [0.1, 0.15) is 11.3 Å². The van der Waals surface area contributed by atoms with E-state index in [1.54, 1.807) is 31.5 Å². The van der Waals surface area contributed by atoms with E-state index in [1.807, 2.05) is 12.1 Å². The van der Waals surface area contributed by atoms with Crippen LogP contribution in [-0.2, 0) is 24.2 Å². The van der Waals surface area contributed by atoms with Gasteiger partial charge in [0, 0.05) is 36.0 Å². The number of aromatic nitrogens is 1. The molecule has 0 radical (unpaired) electrons. The zero-order valence-electron chi connectivity index (χ0n) is 16.0. The number of rotatable bonds is 5. The van der Waals surface area contributed by atoms with Crippen molar-refractivity contribution in [3.8, 4) is 5.75 Å². The lowest BCUT2D eigenvalue weighted by Gasteiger charge is -2.18. The highest BCUT2D eigenvalue weighted by molar-refractivity contribution is 6.32. The van der Waals surface area contributed by atoms with Crippen LogP contribution in [0.4, 0.5) is 0 Å². The van der Waals surface area contributed by atoms with Crippen molar-refractivity contribution in [1.29, 1.82) is 0 Å². The summed E-state index contributed by atoms with van der Waals surface area (Å²) in [5, 5.41) is 4.02. The summed E-state index contributed by atoms with van der Waals surface area (Å²) in [5.74, 6) is 0.0269. The Morgan fingerprint density at radius 1 is 1.31 bits per heavy atom. The van der Waals surface area contributed by atoms with Crippen LogP contribution >= 0.6 is 11.6 Å². The van der Waals surface area contributed by atoms with Gasteiger partial charge in [0.25, 0.3) is 5.91 Å². The second kappa shape index (κ2) is 8.25. The molecule has 2 aromatic heterocycles. The zero-order valence-corrected chi connectivity index (χ0v) is 16.8. The highest BCUT2D eigenvalue weighted by Crippen LogP contribution is 2.34. The summed E-state index contributed by atoms with van der Waals surface area (Å²) in [6.45, 7) is 2.00. The van der Waals surface area contributed by atoms with Crippen molar-refractivity contribution < 1.29 is 13.9 Å². The van der Waals surface area contributed by atoms with Crippen LogP contribution in [0.2, 0.25) is 5.02 Å². The number of carbonyl (C=O) groups is 1. The molecule has 150 valence electrons. The maximum absolute atomic E-state index is 12.4. The van der Waals surface area contributed by atoms with E-state index < -0.39 is 6.10 Å². The van der Waals surface area contributed by atoms with Gasteiger partial charge in [-0.2, -0.15) is 0 Å². The molecule has 0 saturated carbocycles. The minimum atomic E-state index is -0.772. The first-order valence-electron chi connectivity index (χ1n) is 9.64. The number of hydrogen-bond donors (Lipinski definition) is 1. The monoisotopic (exact) mass is 412 g/mol. The summed E-state index contributed by atoms with van der Waals surface area (Å²) >= 11 is 6.42. The van der Waals surface area contributed by atoms with Crippen molar-refractivity contribution in [2.45, 2.75) is 45.3 Å². The lowest BCUT2D eigenvalue weighted by Crippen LogP contribution is -2.36. The van der Waals surface area contributed by atoms with Crippen LogP contribution in [0.25, 0.3) is 11.0 Å². The number of hydrogen-bond acceptors (Lipinski definition) is 5. The summed E-state index contributed by atoms with van der Waals surface area (Å²) < 4.78 is 11.3. The van der Waals surface area contributed by atoms with Gasteiger partial charge in [0.2, 0.25) is 0 Å². The fourth-order valence-electron chi connectivity index (χ4n) is 3.61. The topological polar surface area (TPSA) is 81.4 Å². The number of benzene rings is 1. The van der Waals surface area contributed by atoms with Crippen LogP contribution in [0, 0.1) is 0 Å². The van der Waals surface area contributed by atoms with Crippen molar-refractivity contribution >= 4 is 28.5 Å². The van der Waals surface area contributed by atoms with Crippen molar-refractivity contribution in [2.75, 3.05) is 0 Å². The minimum Gasteiger partial charge on any atom is -0.479 e. The Hall–Kier alpha value is -2.86. The summed E-state index contributed by atoms with van der Waals surface area (Å²) in [5.41, 5.74) is 2.78. The molecule has 1 N–H and O–H groups in total. The van der Waals surface area contributed by atoms with Crippen LogP contribution in [0.5, 0.6) is 5.75 Å². The Labute approximate surface area is 172 Å². The van der Waals surface area contributed by atoms with Crippen molar-refractivity contribution in [3.63, 3.8) is 0 Å². The molecule has 1 atom stereocenters. The van der Waals surface area contributed by atoms with Crippen LogP contribution in [0.15, 0.2) is 45.9 Å². The average molecular weight is 413 g/mol. The number of ether oxygens (including phenoxy) is 1. The molecule has 0 saturated heterocycles. The number of fused-ring (bicyclic) bond motifs is 3. The molecule has 4 rings (SSSR count). The van der Waals surface area contributed by atoms with E-state index in [2.05, 4.69) is 10.3 Å². The van der Waals surface area contributed by atoms with E-state index in [9.17, 15) is 9.59 Å². The third-order valence-electron chi connectivity index (χ3n) is 5.14. The van der Waals surface area contributed by atoms with Gasteiger partial charge in [0.15, 0.2) is 6.10 Å². The summed E-state index contributed by atoms with van der Waals surface area (Å²) in [6, 6.07) is 7.04. The molecule has 0 unspecified atom stereocenters. The van der Waals surface area contributed by atoms with Gasteiger partial charge >= 0.3 is 5.63 Å². The molecule has 1 aliphatic carbocycles. The Morgan fingerprint density at radius 3 is 2.86 bits per heavy atom. The van der Waals surface area contributed by atoms with E-state index in [0.29, 0.717) is 22.9 Å². The largest absolute Gasteiger partial charge is 0.479 e. The van der Waals surface area contributed by atoms with Crippen molar-refractivity contribution in [1.82, 2.24) is 10.3 Å². The molecule has 0 fully saturated rings. The molecule has 3 aromatic rings. The van der Waals surface area contributed by atoms with Gasteiger partial charge < -0.3 is 14.5 Å². The maximum atomic E-state index is 12.4. The Balaban J connectivity index is 1.53. The minimum absolute atomic E-state index is 0.281. The first-order valence-corrected chi connectivity index (χ1v) is 10.0. The van der Waals surface area contributed by atoms with Crippen LogP contribution < -0.4 is 15.7 Å². The molecule has 6 nitrogen and oxygen atoms in total. The second-order valence-corrected chi connectivity index (χ2v) is 7.58. The lowest BCUT2D eigenvalue weighted by atomic mass is 9.90. The standard InChI is InChI=1S/C22H21ClN2O4/c1-13(21(26)25-12-14-5-4-8-24-11-14)28-20-10-19-17(9-18(20)23)15-6-2-3-7-16(15)22(27)29-19/h4-5,8-11,13H,2-3,6-7,12H2,1H3,(H,25,26)/t13-/m0/s1. The van der Waals surface area contributed by atoms with E-state index in [-0.39, 0.29) is 11.5 Å². The van der Waals surface area contributed by atoms with Gasteiger partial charge in [-0.05, 0) is 55.9 Å². The Kier molecular flexibility index (Phi) is 5.53. The number of pyridine rings is 1. The number of aryl methyl sites for hydroxylation is 1. The van der Waals surface area contributed by atoms with Gasteiger partial charge in [-0.25, -0.2) is 4.79 Å². The predicted molar refractivity (Wildman–Crippen MR) is 110 cm³/mol. The maximum Gasteiger partial charge on any atom is 0.339 e. The van der Waals surface area contributed by atoms with Gasteiger partial charge in [-0.3, -0.25) is 9.78 Å². The van der Waals surface area contributed by atoms with E-state index in [1.165, 1.54) is 0 Å². The zero-order chi connectivity index (χ0) is 20.4. The highest BCUT2D eigenvalue weighted by atomic mass is 35.5. The highest BCUT2D eigenvalue weighted by Gasteiger charge is 2.21. The molecule has 1 amide bonds. The molecule has 0 bridgehead atoms. The second-order valence-electron chi connectivity index (χ2n) is 7.17. The molecule has 29 heavy (non-hydrogen) atoms. The lowest BCUT2D eigenvalue weighted by molar-refractivity contribution is -0.127. The molecular weight excluding hydrogens is 392 g/mol. The number of carbonyl (C=O) groups excluding carboxylic acids is 1. The van der Waals surface area contributed by atoms with Gasteiger partial charge in [-0.1, -0.05) is 17.7 Å². The SMILES string of the molecule is C[C@H](Oc1cc2oc(=O)c3c(c2cc1Cl)CCCC3)C(=O)NCc1cccnc1. The summed E-state index contributed by atoms with van der Waals surface area (Å²) in [7, 11) is 0. The van der Waals surface area contributed by atoms with E-state index >= 15 is 0 Å². The number of amides is 1. The third-order valence-corrected chi connectivity index (χ3v) is 5.43. The number of halogens is 1. The smallest absolute Gasteiger partial charge is 0.339 e. The van der Waals surface area contributed by atoms with E-state index in [0.717, 1.165) is 47.8 Å². The van der Waals surface area contributed by atoms with Gasteiger partial charge in [0.05, 0.1) is 5.02 Å². The molecule has 2 heterocycles.